The van der Waals surface area contributed by atoms with Crippen LogP contribution >= 0.6 is 23.2 Å². The summed E-state index contributed by atoms with van der Waals surface area (Å²) in [5.41, 5.74) is 3.98. The molecule has 1 unspecified atom stereocenters. The highest BCUT2D eigenvalue weighted by Crippen LogP contribution is 2.31. The van der Waals surface area contributed by atoms with Gasteiger partial charge in [-0.2, -0.15) is 0 Å². The van der Waals surface area contributed by atoms with Gasteiger partial charge in [0.05, 0.1) is 0 Å². The van der Waals surface area contributed by atoms with Crippen LogP contribution in [0.25, 0.3) is 0 Å². The van der Waals surface area contributed by atoms with E-state index in [-0.39, 0.29) is 0 Å². The summed E-state index contributed by atoms with van der Waals surface area (Å²) in [4.78, 5) is 0. The summed E-state index contributed by atoms with van der Waals surface area (Å²) in [6.45, 7) is 0.773. The highest BCUT2D eigenvalue weighted by Gasteiger charge is 2.21. The molecule has 0 aliphatic heterocycles. The van der Waals surface area contributed by atoms with E-state index in [1.807, 2.05) is 12.1 Å². The number of hydrogen-bond donors (Lipinski definition) is 1. The minimum Gasteiger partial charge on any atom is -0.306 e. The molecule has 1 aliphatic rings. The molecule has 0 aromatic heterocycles. The van der Waals surface area contributed by atoms with Gasteiger partial charge in [0.1, 0.15) is 0 Å². The van der Waals surface area contributed by atoms with Crippen molar-refractivity contribution in [1.29, 1.82) is 0 Å². The first-order valence-electron chi connectivity index (χ1n) is 6.49. The lowest BCUT2D eigenvalue weighted by Gasteiger charge is -2.14. The van der Waals surface area contributed by atoms with E-state index in [1.165, 1.54) is 11.1 Å². The predicted octanol–water partition coefficient (Wildman–Crippen LogP) is 4.77. The van der Waals surface area contributed by atoms with Crippen molar-refractivity contribution in [3.05, 3.63) is 69.2 Å². The summed E-state index contributed by atoms with van der Waals surface area (Å²) in [5, 5.41) is 5.00. The SMILES string of the molecule is Clc1ccc(CNC2CCc3ccccc32)c(Cl)c1. The molecule has 0 radical (unpaired) electrons. The molecule has 1 atom stereocenters. The van der Waals surface area contributed by atoms with Crippen molar-refractivity contribution in [3.63, 3.8) is 0 Å². The largest absolute Gasteiger partial charge is 0.306 e. The summed E-state index contributed by atoms with van der Waals surface area (Å²) in [6, 6.07) is 14.7. The Balaban J connectivity index is 1.71. The van der Waals surface area contributed by atoms with Gasteiger partial charge < -0.3 is 5.32 Å². The van der Waals surface area contributed by atoms with E-state index >= 15 is 0 Å². The normalized spacial score (nSPS) is 17.5. The quantitative estimate of drug-likeness (QED) is 0.859. The summed E-state index contributed by atoms with van der Waals surface area (Å²) >= 11 is 12.1. The van der Waals surface area contributed by atoms with Crippen LogP contribution < -0.4 is 5.32 Å². The predicted molar refractivity (Wildman–Crippen MR) is 80.8 cm³/mol. The van der Waals surface area contributed by atoms with E-state index < -0.39 is 0 Å². The third kappa shape index (κ3) is 2.79. The van der Waals surface area contributed by atoms with Gasteiger partial charge in [0.25, 0.3) is 0 Å². The fourth-order valence-corrected chi connectivity index (χ4v) is 3.14. The molecule has 0 spiro atoms. The maximum absolute atomic E-state index is 6.19. The maximum Gasteiger partial charge on any atom is 0.0465 e. The van der Waals surface area contributed by atoms with E-state index in [0.29, 0.717) is 11.1 Å². The number of benzene rings is 2. The Morgan fingerprint density at radius 1 is 1.11 bits per heavy atom. The number of halogens is 2. The van der Waals surface area contributed by atoms with Gasteiger partial charge in [-0.1, -0.05) is 53.5 Å². The minimum absolute atomic E-state index is 0.433. The summed E-state index contributed by atoms with van der Waals surface area (Å²) in [5.74, 6) is 0. The molecule has 0 fully saturated rings. The molecule has 2 aromatic rings. The Morgan fingerprint density at radius 3 is 2.79 bits per heavy atom. The molecule has 1 aliphatic carbocycles. The smallest absolute Gasteiger partial charge is 0.0465 e. The monoisotopic (exact) mass is 291 g/mol. The van der Waals surface area contributed by atoms with Crippen molar-refractivity contribution in [2.24, 2.45) is 0 Å². The average molecular weight is 292 g/mol. The second-order valence-corrected chi connectivity index (χ2v) is 5.75. The number of rotatable bonds is 3. The van der Waals surface area contributed by atoms with Crippen LogP contribution in [0.2, 0.25) is 10.0 Å². The zero-order chi connectivity index (χ0) is 13.2. The van der Waals surface area contributed by atoms with Crippen LogP contribution in [-0.4, -0.2) is 0 Å². The average Bonchev–Trinajstić information content (AvgIpc) is 2.81. The van der Waals surface area contributed by atoms with Crippen LogP contribution in [-0.2, 0) is 13.0 Å². The first-order chi connectivity index (χ1) is 9.24. The molecule has 0 bridgehead atoms. The van der Waals surface area contributed by atoms with Gasteiger partial charge >= 0.3 is 0 Å². The van der Waals surface area contributed by atoms with Crippen molar-refractivity contribution in [2.75, 3.05) is 0 Å². The van der Waals surface area contributed by atoms with Gasteiger partial charge in [0.2, 0.25) is 0 Å². The lowest BCUT2D eigenvalue weighted by Crippen LogP contribution is -2.18. The molecular formula is C16H15Cl2N. The first kappa shape index (κ1) is 13.0. The van der Waals surface area contributed by atoms with Crippen LogP contribution in [0.4, 0.5) is 0 Å². The molecule has 19 heavy (non-hydrogen) atoms. The van der Waals surface area contributed by atoms with Crippen LogP contribution in [0.5, 0.6) is 0 Å². The van der Waals surface area contributed by atoms with Gasteiger partial charge in [-0.05, 0) is 41.7 Å². The summed E-state index contributed by atoms with van der Waals surface area (Å²) in [6.07, 6.45) is 2.31. The fourth-order valence-electron chi connectivity index (χ4n) is 2.67. The third-order valence-corrected chi connectivity index (χ3v) is 4.27. The van der Waals surface area contributed by atoms with Crippen molar-refractivity contribution in [2.45, 2.75) is 25.4 Å². The fraction of sp³-hybridized carbons (Fsp3) is 0.250. The Hall–Kier alpha value is -1.02. The molecule has 0 heterocycles. The van der Waals surface area contributed by atoms with E-state index in [9.17, 15) is 0 Å². The molecule has 3 heteroatoms. The molecule has 1 N–H and O–H groups in total. The highest BCUT2D eigenvalue weighted by molar-refractivity contribution is 6.35. The summed E-state index contributed by atoms with van der Waals surface area (Å²) < 4.78 is 0. The van der Waals surface area contributed by atoms with Gasteiger partial charge in [-0.25, -0.2) is 0 Å². The molecule has 3 rings (SSSR count). The van der Waals surface area contributed by atoms with Crippen LogP contribution in [0.3, 0.4) is 0 Å². The van der Waals surface area contributed by atoms with E-state index in [1.54, 1.807) is 6.07 Å². The van der Waals surface area contributed by atoms with Crippen LogP contribution in [0.1, 0.15) is 29.2 Å². The second kappa shape index (κ2) is 5.54. The standard InChI is InChI=1S/C16H15Cl2N/c17-13-7-5-12(15(18)9-13)10-19-16-8-6-11-3-1-2-4-14(11)16/h1-5,7,9,16,19H,6,8,10H2. The molecule has 1 nitrogen and oxygen atoms in total. The zero-order valence-corrected chi connectivity index (χ0v) is 12.0. The van der Waals surface area contributed by atoms with Gasteiger partial charge in [0.15, 0.2) is 0 Å². The maximum atomic E-state index is 6.19. The highest BCUT2D eigenvalue weighted by atomic mass is 35.5. The third-order valence-electron chi connectivity index (χ3n) is 3.69. The summed E-state index contributed by atoms with van der Waals surface area (Å²) in [7, 11) is 0. The Bertz CT molecular complexity index is 595. The van der Waals surface area contributed by atoms with Gasteiger partial charge in [-0.3, -0.25) is 0 Å². The van der Waals surface area contributed by atoms with Crippen molar-refractivity contribution >= 4 is 23.2 Å². The Labute approximate surface area is 123 Å². The van der Waals surface area contributed by atoms with E-state index in [2.05, 4.69) is 29.6 Å². The molecular weight excluding hydrogens is 277 g/mol. The van der Waals surface area contributed by atoms with E-state index in [4.69, 9.17) is 23.2 Å². The van der Waals surface area contributed by atoms with Gasteiger partial charge in [-0.15, -0.1) is 0 Å². The lowest BCUT2D eigenvalue weighted by atomic mass is 10.1. The van der Waals surface area contributed by atoms with E-state index in [0.717, 1.165) is 30.0 Å². The topological polar surface area (TPSA) is 12.0 Å². The minimum atomic E-state index is 0.433. The second-order valence-electron chi connectivity index (χ2n) is 4.91. The van der Waals surface area contributed by atoms with Gasteiger partial charge in [0, 0.05) is 22.6 Å². The Kier molecular flexibility index (Phi) is 3.79. The van der Waals surface area contributed by atoms with Crippen LogP contribution in [0, 0.1) is 0 Å². The Morgan fingerprint density at radius 2 is 1.95 bits per heavy atom. The molecule has 2 aromatic carbocycles. The van der Waals surface area contributed by atoms with Crippen molar-refractivity contribution in [3.8, 4) is 0 Å². The molecule has 0 amide bonds. The number of nitrogens with one attached hydrogen (secondary N) is 1. The molecule has 0 saturated carbocycles. The van der Waals surface area contributed by atoms with Crippen molar-refractivity contribution < 1.29 is 0 Å². The zero-order valence-electron chi connectivity index (χ0n) is 10.5. The van der Waals surface area contributed by atoms with Crippen LogP contribution in [0.15, 0.2) is 42.5 Å². The molecule has 98 valence electrons. The lowest BCUT2D eigenvalue weighted by molar-refractivity contribution is 0.530. The number of aryl methyl sites for hydroxylation is 1. The number of hydrogen-bond acceptors (Lipinski definition) is 1. The molecule has 0 saturated heterocycles. The van der Waals surface area contributed by atoms with Crippen molar-refractivity contribution in [1.82, 2.24) is 5.32 Å². The first-order valence-corrected chi connectivity index (χ1v) is 7.25. The number of fused-ring (bicyclic) bond motifs is 1.